The number of carbonyl (C=O) groups excluding carboxylic acids is 3. The molecule has 21 heteroatoms. The highest BCUT2D eigenvalue weighted by Gasteiger charge is 2.44. The largest absolute Gasteiger partial charge is 0.391 e. The molecule has 2 saturated heterocycles. The van der Waals surface area contributed by atoms with Gasteiger partial charge in [-0.2, -0.15) is 0 Å². The van der Waals surface area contributed by atoms with Gasteiger partial charge in [-0.1, -0.05) is 99.1 Å². The fourth-order valence-corrected chi connectivity index (χ4v) is 10.5. The first kappa shape index (κ1) is 59.2. The van der Waals surface area contributed by atoms with Crippen molar-refractivity contribution in [3.05, 3.63) is 118 Å². The summed E-state index contributed by atoms with van der Waals surface area (Å²) < 4.78 is 28.3. The van der Waals surface area contributed by atoms with Gasteiger partial charge in [-0.3, -0.25) is 24.2 Å². The zero-order chi connectivity index (χ0) is 55.6. The van der Waals surface area contributed by atoms with E-state index in [-0.39, 0.29) is 45.2 Å². The molecule has 6 aromatic rings. The van der Waals surface area contributed by atoms with Crippen LogP contribution in [0.25, 0.3) is 32.7 Å². The highest BCUT2D eigenvalue weighted by Crippen LogP contribution is 2.30. The van der Waals surface area contributed by atoms with E-state index < -0.39 is 35.4 Å². The van der Waals surface area contributed by atoms with Crippen LogP contribution in [0.4, 0.5) is 5.82 Å². The number of aromatic amines is 1. The molecule has 0 saturated carbocycles. The van der Waals surface area contributed by atoms with E-state index in [1.54, 1.807) is 17.7 Å². The summed E-state index contributed by atoms with van der Waals surface area (Å²) in [6.45, 7) is 17.5. The van der Waals surface area contributed by atoms with Crippen LogP contribution < -0.4 is 16.0 Å². The Morgan fingerprint density at radius 2 is 1.42 bits per heavy atom. The first-order valence-corrected chi connectivity index (χ1v) is 28.3. The number of piperazine rings is 1. The highest BCUT2D eigenvalue weighted by molar-refractivity contribution is 7.13. The van der Waals surface area contributed by atoms with Gasteiger partial charge in [0.2, 0.25) is 17.7 Å². The number of β-amino-alcohol motifs (C(OH)–C–C–N with tert-alkyl or cyclic N) is 1. The topological polar surface area (TPSA) is 218 Å². The van der Waals surface area contributed by atoms with Crippen LogP contribution >= 0.6 is 22.9 Å². The maximum Gasteiger partial charge on any atom is 0.246 e. The summed E-state index contributed by atoms with van der Waals surface area (Å²) in [5, 5.41) is 21.4. The summed E-state index contributed by atoms with van der Waals surface area (Å²) in [5.74, 6) is -0.517. The molecule has 3 atom stereocenters. The predicted octanol–water partition coefficient (Wildman–Crippen LogP) is 6.33. The fourth-order valence-electron chi connectivity index (χ4n) is 9.50. The predicted molar refractivity (Wildman–Crippen MR) is 306 cm³/mol. The number of thiazole rings is 1. The summed E-state index contributed by atoms with van der Waals surface area (Å²) in [6.07, 6.45) is 0.800. The Morgan fingerprint density at radius 3 is 2.08 bits per heavy atom. The number of rotatable bonds is 29. The van der Waals surface area contributed by atoms with E-state index in [1.807, 2.05) is 81.7 Å². The highest BCUT2D eigenvalue weighted by atomic mass is 35.5. The van der Waals surface area contributed by atoms with Crippen LogP contribution in [0.15, 0.2) is 90.7 Å². The molecule has 2 aliphatic heterocycles. The average Bonchev–Trinajstić information content (AvgIpc) is 4.24. The number of halogens is 1. The van der Waals surface area contributed by atoms with Crippen molar-refractivity contribution in [2.45, 2.75) is 71.9 Å². The van der Waals surface area contributed by atoms with Crippen molar-refractivity contribution in [3.8, 4) is 21.7 Å². The number of amides is 3. The zero-order valence-corrected chi connectivity index (χ0v) is 47.3. The molecule has 3 aromatic heterocycles. The molecule has 2 aliphatic rings. The fraction of sp³-hybridized carbons (Fsp3) is 0.483. The molecule has 0 aliphatic carbocycles. The Morgan fingerprint density at radius 1 is 0.785 bits per heavy atom. The second kappa shape index (κ2) is 29.5. The summed E-state index contributed by atoms with van der Waals surface area (Å²) in [4.78, 5) is 64.5. The maximum absolute atomic E-state index is 13.9. The number of fused-ring (bicyclic) bond motifs is 1. The average molecular weight is 1120 g/mol. The minimum Gasteiger partial charge on any atom is -0.391 e. The second-order valence-electron chi connectivity index (χ2n) is 20.9. The molecule has 0 radical (unpaired) electrons. The number of aromatic nitrogens is 4. The van der Waals surface area contributed by atoms with Gasteiger partial charge in [0.25, 0.3) is 0 Å². The third kappa shape index (κ3) is 17.5. The van der Waals surface area contributed by atoms with Crippen molar-refractivity contribution in [1.82, 2.24) is 45.3 Å². The van der Waals surface area contributed by atoms with Crippen LogP contribution in [-0.2, 0) is 57.7 Å². The van der Waals surface area contributed by atoms with E-state index in [1.165, 1.54) is 10.5 Å². The molecule has 2 fully saturated rings. The van der Waals surface area contributed by atoms with E-state index in [0.29, 0.717) is 52.8 Å². The number of benzene rings is 3. The van der Waals surface area contributed by atoms with Crippen LogP contribution in [0.5, 0.6) is 0 Å². The van der Waals surface area contributed by atoms with E-state index >= 15 is 0 Å². The standard InChI is InChI=1S/C58H75ClN10O9S/c1-40-52(79-39-64-40)44-15-9-41(10-16-44)33-61-56(72)50-31-46(70)36-69(50)57(73)53(58(2,3)4)66-51(71)37-78-30-29-77-28-27-76-26-25-75-24-23-74-22-21-67-17-19-68(20-18-67)35-42-11-13-43(14-12-42)49-32-47-54(62-38-63-55(47)65-49)60-34-45-7-5-6-8-48(45)59/h5-16,32,38-39,46,50,53,70H,17-31,33-37H2,1-4H3,(H,61,72)(H,66,71)(H2,60,62,63,65)/t46-,50+,53-/m1/s1. The van der Waals surface area contributed by atoms with Crippen LogP contribution in [0, 0.1) is 12.3 Å². The van der Waals surface area contributed by atoms with Gasteiger partial charge in [-0.05, 0) is 52.3 Å². The monoisotopic (exact) mass is 1120 g/mol. The van der Waals surface area contributed by atoms with Crippen molar-refractivity contribution in [2.75, 3.05) is 111 Å². The Bertz CT molecular complexity index is 2880. The van der Waals surface area contributed by atoms with E-state index in [4.69, 9.17) is 35.3 Å². The molecule has 5 N–H and O–H groups in total. The lowest BCUT2D eigenvalue weighted by molar-refractivity contribution is -0.144. The number of hydrogen-bond donors (Lipinski definition) is 5. The van der Waals surface area contributed by atoms with Gasteiger partial charge in [0.05, 0.1) is 87.0 Å². The first-order valence-electron chi connectivity index (χ1n) is 27.1. The van der Waals surface area contributed by atoms with E-state index in [2.05, 4.69) is 76.0 Å². The molecular weight excluding hydrogens is 1050 g/mol. The molecule has 0 bridgehead atoms. The third-order valence-electron chi connectivity index (χ3n) is 14.0. The summed E-state index contributed by atoms with van der Waals surface area (Å²) in [5.41, 5.74) is 9.19. The number of ether oxygens (including phenoxy) is 5. The molecule has 0 spiro atoms. The summed E-state index contributed by atoms with van der Waals surface area (Å²) in [6, 6.07) is 24.6. The minimum absolute atomic E-state index is 0.0112. The van der Waals surface area contributed by atoms with Crippen LogP contribution in [0.1, 0.15) is 49.6 Å². The lowest BCUT2D eigenvalue weighted by Crippen LogP contribution is -2.58. The van der Waals surface area contributed by atoms with Crippen LogP contribution in [0.3, 0.4) is 0 Å². The number of nitrogens with zero attached hydrogens (tertiary/aromatic N) is 6. The SMILES string of the molecule is Cc1ncsc1-c1ccc(CNC(=O)[C@@H]2C[C@@H](O)CN2C(=O)[C@@H](NC(=O)COCCOCCOCCOCCOCCN2CCN(Cc3ccc(-c4cc5c(NCc6ccccc6Cl)ncnc5[nH]4)cc3)CC2)C(C)(C)C)cc1. The van der Waals surface area contributed by atoms with Gasteiger partial charge >= 0.3 is 0 Å². The lowest BCUT2D eigenvalue weighted by atomic mass is 9.85. The van der Waals surface area contributed by atoms with Gasteiger partial charge in [-0.25, -0.2) is 15.0 Å². The number of carbonyl (C=O) groups is 3. The van der Waals surface area contributed by atoms with Crippen molar-refractivity contribution >= 4 is 57.5 Å². The van der Waals surface area contributed by atoms with Crippen LogP contribution in [0.2, 0.25) is 5.02 Å². The number of anilines is 1. The molecule has 19 nitrogen and oxygen atoms in total. The molecule has 424 valence electrons. The van der Waals surface area contributed by atoms with Gasteiger partial charge in [-0.15, -0.1) is 11.3 Å². The number of H-pyrrole nitrogens is 1. The smallest absolute Gasteiger partial charge is 0.246 e. The van der Waals surface area contributed by atoms with Gasteiger partial charge in [0.15, 0.2) is 0 Å². The Hall–Kier alpha value is -5.91. The number of hydrogen-bond acceptors (Lipinski definition) is 16. The second-order valence-corrected chi connectivity index (χ2v) is 22.1. The minimum atomic E-state index is -0.958. The Kier molecular flexibility index (Phi) is 22.1. The number of aryl methyl sites for hydroxylation is 1. The number of aliphatic hydroxyl groups excluding tert-OH is 1. The molecule has 79 heavy (non-hydrogen) atoms. The molecule has 3 amide bonds. The van der Waals surface area contributed by atoms with Crippen molar-refractivity contribution in [2.24, 2.45) is 5.41 Å². The third-order valence-corrected chi connectivity index (χ3v) is 15.3. The van der Waals surface area contributed by atoms with Crippen molar-refractivity contribution in [1.29, 1.82) is 0 Å². The lowest BCUT2D eigenvalue weighted by Gasteiger charge is -2.35. The van der Waals surface area contributed by atoms with Crippen molar-refractivity contribution in [3.63, 3.8) is 0 Å². The maximum atomic E-state index is 13.9. The number of aliphatic hydroxyl groups is 1. The molecule has 3 aromatic carbocycles. The van der Waals surface area contributed by atoms with Crippen LogP contribution in [-0.4, -0.2) is 181 Å². The van der Waals surface area contributed by atoms with Gasteiger partial charge < -0.3 is 54.6 Å². The molecule has 5 heterocycles. The van der Waals surface area contributed by atoms with E-state index in [9.17, 15) is 19.5 Å². The number of likely N-dealkylation sites (tertiary alicyclic amines) is 1. The van der Waals surface area contributed by atoms with Gasteiger partial charge in [0, 0.05) is 76.0 Å². The zero-order valence-electron chi connectivity index (χ0n) is 45.7. The molecule has 8 rings (SSSR count). The normalized spacial score (nSPS) is 16.6. The Balaban J connectivity index is 0.612. The van der Waals surface area contributed by atoms with Crippen molar-refractivity contribution < 1.29 is 43.2 Å². The Labute approximate surface area is 471 Å². The summed E-state index contributed by atoms with van der Waals surface area (Å²) in [7, 11) is 0. The molecule has 0 unspecified atom stereocenters. The van der Waals surface area contributed by atoms with Gasteiger partial charge in [0.1, 0.15) is 36.5 Å². The first-order chi connectivity index (χ1) is 38.3. The molecular formula is C58H75ClN10O9S. The van der Waals surface area contributed by atoms with E-state index in [0.717, 1.165) is 99.7 Å². The summed E-state index contributed by atoms with van der Waals surface area (Å²) >= 11 is 7.94. The number of nitrogens with one attached hydrogen (secondary N) is 4. The quantitative estimate of drug-likeness (QED) is 0.0324.